The van der Waals surface area contributed by atoms with Gasteiger partial charge in [0, 0.05) is 0 Å². The van der Waals surface area contributed by atoms with Crippen LogP contribution in [-0.2, 0) is 4.79 Å². The number of aryl methyl sites for hydroxylation is 2. The fraction of sp³-hybridized carbons (Fsp3) is 0.375. The number of thiocarbonyl (C=S) groups is 1. The monoisotopic (exact) mass is 225 g/mol. The summed E-state index contributed by atoms with van der Waals surface area (Å²) in [6, 6.07) is 0. The van der Waals surface area contributed by atoms with Gasteiger partial charge in [0.1, 0.15) is 0 Å². The molecule has 1 aromatic heterocycles. The molecule has 7 heteroatoms. The second kappa shape index (κ2) is 4.74. The number of carbonyl (C=O) groups excluding carboxylic acids is 1. The van der Waals surface area contributed by atoms with E-state index >= 15 is 0 Å². The third-order valence-electron chi connectivity index (χ3n) is 1.68. The summed E-state index contributed by atoms with van der Waals surface area (Å²) in [7, 11) is 0. The van der Waals surface area contributed by atoms with E-state index in [1.165, 1.54) is 0 Å². The number of nitrogens with zero attached hydrogens (tertiary/aromatic N) is 3. The molecule has 0 aliphatic rings. The van der Waals surface area contributed by atoms with Crippen molar-refractivity contribution >= 4 is 29.1 Å². The maximum absolute atomic E-state index is 11.2. The van der Waals surface area contributed by atoms with Crippen molar-refractivity contribution in [2.45, 2.75) is 20.3 Å². The molecule has 0 aromatic carbocycles. The molecule has 0 atom stereocenters. The molecule has 3 N–H and O–H groups in total. The summed E-state index contributed by atoms with van der Waals surface area (Å²) in [5.41, 5.74) is 6.66. The van der Waals surface area contributed by atoms with Gasteiger partial charge in [-0.05, 0) is 13.8 Å². The Balaban J connectivity index is 2.69. The van der Waals surface area contributed by atoms with Crippen molar-refractivity contribution in [2.24, 2.45) is 5.73 Å². The number of anilines is 1. The van der Waals surface area contributed by atoms with Crippen LogP contribution in [0.25, 0.3) is 0 Å². The van der Waals surface area contributed by atoms with Crippen molar-refractivity contribution in [3.8, 4) is 0 Å². The number of nitrogens with two attached hydrogens (primary N) is 1. The third kappa shape index (κ3) is 3.55. The average molecular weight is 225 g/mol. The minimum atomic E-state index is -0.340. The van der Waals surface area contributed by atoms with Crippen LogP contribution < -0.4 is 11.1 Å². The Hall–Kier alpha value is -1.63. The predicted octanol–water partition coefficient (Wildman–Crippen LogP) is 0.103. The highest BCUT2D eigenvalue weighted by molar-refractivity contribution is 7.80. The minimum absolute atomic E-state index is 0.0222. The summed E-state index contributed by atoms with van der Waals surface area (Å²) in [6.07, 6.45) is -0.0222. The maximum atomic E-state index is 11.2. The van der Waals surface area contributed by atoms with E-state index in [1.807, 2.05) is 0 Å². The molecule has 1 aromatic rings. The molecule has 0 spiro atoms. The van der Waals surface area contributed by atoms with Crippen LogP contribution in [0.15, 0.2) is 0 Å². The number of nitrogens with one attached hydrogen (secondary N) is 1. The second-order valence-corrected chi connectivity index (χ2v) is 3.52. The topological polar surface area (TPSA) is 93.8 Å². The van der Waals surface area contributed by atoms with Crippen molar-refractivity contribution in [3.05, 3.63) is 11.4 Å². The first-order chi connectivity index (χ1) is 6.99. The zero-order valence-corrected chi connectivity index (χ0v) is 9.26. The van der Waals surface area contributed by atoms with Gasteiger partial charge in [0.05, 0.1) is 22.8 Å². The van der Waals surface area contributed by atoms with Gasteiger partial charge in [0.15, 0.2) is 0 Å². The number of aromatic nitrogens is 3. The van der Waals surface area contributed by atoms with E-state index in [0.29, 0.717) is 0 Å². The molecule has 1 heterocycles. The van der Waals surface area contributed by atoms with E-state index in [0.717, 1.165) is 11.4 Å². The van der Waals surface area contributed by atoms with Crippen LogP contribution in [0.1, 0.15) is 17.8 Å². The van der Waals surface area contributed by atoms with Gasteiger partial charge in [0.2, 0.25) is 11.9 Å². The number of amides is 1. The number of hydrogen-bond donors (Lipinski definition) is 2. The van der Waals surface area contributed by atoms with E-state index in [9.17, 15) is 4.79 Å². The van der Waals surface area contributed by atoms with Crippen LogP contribution in [0.3, 0.4) is 0 Å². The Morgan fingerprint density at radius 3 is 2.60 bits per heavy atom. The molecule has 0 aliphatic carbocycles. The van der Waals surface area contributed by atoms with Crippen LogP contribution in [-0.4, -0.2) is 26.1 Å². The van der Waals surface area contributed by atoms with Crippen molar-refractivity contribution in [1.29, 1.82) is 0 Å². The first-order valence-corrected chi connectivity index (χ1v) is 4.66. The molecule has 6 nitrogen and oxygen atoms in total. The van der Waals surface area contributed by atoms with E-state index in [-0.39, 0.29) is 23.3 Å². The number of carbonyl (C=O) groups is 1. The van der Waals surface area contributed by atoms with Gasteiger partial charge in [-0.25, -0.2) is 4.98 Å². The van der Waals surface area contributed by atoms with E-state index in [4.69, 9.17) is 5.73 Å². The zero-order chi connectivity index (χ0) is 11.4. The minimum Gasteiger partial charge on any atom is -0.393 e. The molecule has 0 radical (unpaired) electrons. The molecular formula is C8H11N5OS. The summed E-state index contributed by atoms with van der Waals surface area (Å²) < 4.78 is 0. The fourth-order valence-electron chi connectivity index (χ4n) is 0.837. The Labute approximate surface area is 92.3 Å². The lowest BCUT2D eigenvalue weighted by Crippen LogP contribution is -2.21. The molecule has 1 amide bonds. The summed E-state index contributed by atoms with van der Waals surface area (Å²) >= 11 is 4.60. The lowest BCUT2D eigenvalue weighted by Gasteiger charge is -2.03. The molecular weight excluding hydrogens is 214 g/mol. The lowest BCUT2D eigenvalue weighted by molar-refractivity contribution is -0.115. The second-order valence-electron chi connectivity index (χ2n) is 3.00. The first kappa shape index (κ1) is 11.4. The maximum Gasteiger partial charge on any atom is 0.249 e. The van der Waals surface area contributed by atoms with Crippen molar-refractivity contribution in [2.75, 3.05) is 5.32 Å². The number of hydrogen-bond acceptors (Lipinski definition) is 5. The standard InChI is InChI=1S/C8H11N5OS/c1-4-5(2)12-13-8(10-4)11-7(14)3-6(9)15/h3H2,1-2H3,(H2,9,15)(H,10,11,13,14). The highest BCUT2D eigenvalue weighted by Crippen LogP contribution is 2.02. The van der Waals surface area contributed by atoms with Crippen LogP contribution in [0.5, 0.6) is 0 Å². The van der Waals surface area contributed by atoms with Crippen LogP contribution >= 0.6 is 12.2 Å². The van der Waals surface area contributed by atoms with Gasteiger partial charge in [-0.3, -0.25) is 10.1 Å². The van der Waals surface area contributed by atoms with Crippen LogP contribution in [0, 0.1) is 13.8 Å². The highest BCUT2D eigenvalue weighted by Gasteiger charge is 2.07. The Kier molecular flexibility index (Phi) is 3.62. The Morgan fingerprint density at radius 1 is 1.40 bits per heavy atom. The SMILES string of the molecule is Cc1nnc(NC(=O)CC(N)=S)nc1C. The van der Waals surface area contributed by atoms with Gasteiger partial charge >= 0.3 is 0 Å². The summed E-state index contributed by atoms with van der Waals surface area (Å²) in [5, 5.41) is 9.98. The first-order valence-electron chi connectivity index (χ1n) is 4.25. The van der Waals surface area contributed by atoms with E-state index < -0.39 is 0 Å². The molecule has 1 rings (SSSR count). The number of rotatable bonds is 3. The van der Waals surface area contributed by atoms with E-state index in [2.05, 4.69) is 32.7 Å². The van der Waals surface area contributed by atoms with Crippen LogP contribution in [0.2, 0.25) is 0 Å². The molecule has 0 aliphatic heterocycles. The predicted molar refractivity (Wildman–Crippen MR) is 59.3 cm³/mol. The lowest BCUT2D eigenvalue weighted by atomic mass is 10.4. The van der Waals surface area contributed by atoms with Gasteiger partial charge in [0.25, 0.3) is 0 Å². The molecule has 0 unspecified atom stereocenters. The summed E-state index contributed by atoms with van der Waals surface area (Å²) in [5.74, 6) is -0.174. The quantitative estimate of drug-likeness (QED) is 0.709. The van der Waals surface area contributed by atoms with Crippen molar-refractivity contribution < 1.29 is 4.79 Å². The van der Waals surface area contributed by atoms with Gasteiger partial charge < -0.3 is 5.73 Å². The molecule has 0 saturated carbocycles. The zero-order valence-electron chi connectivity index (χ0n) is 8.44. The molecule has 15 heavy (non-hydrogen) atoms. The Bertz CT molecular complexity index is 406. The molecule has 0 saturated heterocycles. The Morgan fingerprint density at radius 2 is 2.07 bits per heavy atom. The summed E-state index contributed by atoms with van der Waals surface area (Å²) in [6.45, 7) is 3.57. The van der Waals surface area contributed by atoms with Gasteiger partial charge in [-0.15, -0.1) is 5.10 Å². The molecule has 0 bridgehead atoms. The van der Waals surface area contributed by atoms with Crippen LogP contribution in [0.4, 0.5) is 5.95 Å². The average Bonchev–Trinajstić information content (AvgIpc) is 2.10. The van der Waals surface area contributed by atoms with Crippen molar-refractivity contribution in [1.82, 2.24) is 15.2 Å². The third-order valence-corrected chi connectivity index (χ3v) is 1.82. The highest BCUT2D eigenvalue weighted by atomic mass is 32.1. The normalized spacial score (nSPS) is 9.73. The smallest absolute Gasteiger partial charge is 0.249 e. The summed E-state index contributed by atoms with van der Waals surface area (Å²) in [4.78, 5) is 15.4. The molecule has 0 fully saturated rings. The van der Waals surface area contributed by atoms with E-state index in [1.54, 1.807) is 13.8 Å². The van der Waals surface area contributed by atoms with Gasteiger partial charge in [-0.2, -0.15) is 5.10 Å². The van der Waals surface area contributed by atoms with Gasteiger partial charge in [-0.1, -0.05) is 12.2 Å². The molecule has 80 valence electrons. The largest absolute Gasteiger partial charge is 0.393 e. The fourth-order valence-corrected chi connectivity index (χ4v) is 0.968. The van der Waals surface area contributed by atoms with Crippen molar-refractivity contribution in [3.63, 3.8) is 0 Å².